The number of nitrogens with one attached hydrogen (secondary N) is 2. The van der Waals surface area contributed by atoms with Gasteiger partial charge in [0.25, 0.3) is 21.8 Å². The number of carbonyl (C=O) groups excluding carboxylic acids is 2. The summed E-state index contributed by atoms with van der Waals surface area (Å²) < 4.78 is 33.6. The average Bonchev–Trinajstić information content (AvgIpc) is 2.96. The Morgan fingerprint density at radius 3 is 2.10 bits per heavy atom. The van der Waals surface area contributed by atoms with Crippen molar-refractivity contribution in [3.8, 4) is 5.75 Å². The number of hydrogen-bond donors (Lipinski definition) is 2. The fourth-order valence-corrected chi connectivity index (χ4v) is 5.53. The molecular weight excluding hydrogens is 552 g/mol. The van der Waals surface area contributed by atoms with Gasteiger partial charge in [-0.15, -0.1) is 0 Å². The topological polar surface area (TPSA) is 117 Å². The molecule has 0 aliphatic carbocycles. The summed E-state index contributed by atoms with van der Waals surface area (Å²) in [6.07, 6.45) is 1.43. The van der Waals surface area contributed by atoms with Crippen molar-refractivity contribution in [1.29, 1.82) is 0 Å². The zero-order chi connectivity index (χ0) is 30.1. The van der Waals surface area contributed by atoms with E-state index in [1.54, 1.807) is 54.6 Å². The number of amides is 2. The first-order chi connectivity index (χ1) is 20.1. The predicted molar refractivity (Wildman–Crippen MR) is 164 cm³/mol. The summed E-state index contributed by atoms with van der Waals surface area (Å²) in [5, 5.41) is 6.75. The van der Waals surface area contributed by atoms with Crippen LogP contribution in [0.5, 0.6) is 5.75 Å². The van der Waals surface area contributed by atoms with E-state index in [2.05, 4.69) is 15.8 Å². The molecule has 0 bridgehead atoms. The van der Waals surface area contributed by atoms with Gasteiger partial charge in [0.2, 0.25) is 0 Å². The SMILES string of the molecule is Cc1ccc(NC(=O)COc2ccc(/C=N/NC(=O)CN(c3cc(C)cc(C)c3)S(=O)(=O)c3ccccc3)cc2)cc1. The molecule has 4 rings (SSSR count). The van der Waals surface area contributed by atoms with Crippen molar-refractivity contribution in [2.75, 3.05) is 22.8 Å². The van der Waals surface area contributed by atoms with E-state index in [9.17, 15) is 18.0 Å². The van der Waals surface area contributed by atoms with Crippen LogP contribution in [0.15, 0.2) is 107 Å². The van der Waals surface area contributed by atoms with Crippen molar-refractivity contribution in [3.05, 3.63) is 119 Å². The molecule has 2 amide bonds. The van der Waals surface area contributed by atoms with E-state index in [0.29, 0.717) is 22.7 Å². The van der Waals surface area contributed by atoms with Crippen molar-refractivity contribution in [2.24, 2.45) is 5.10 Å². The van der Waals surface area contributed by atoms with Crippen molar-refractivity contribution in [1.82, 2.24) is 5.43 Å². The smallest absolute Gasteiger partial charge is 0.264 e. The molecule has 9 nitrogen and oxygen atoms in total. The van der Waals surface area contributed by atoms with Gasteiger partial charge in [0.05, 0.1) is 16.8 Å². The molecule has 0 saturated carbocycles. The Balaban J connectivity index is 1.35. The Morgan fingerprint density at radius 1 is 0.810 bits per heavy atom. The van der Waals surface area contributed by atoms with Crippen molar-refractivity contribution >= 4 is 39.4 Å². The molecular formula is C32H32N4O5S. The molecule has 42 heavy (non-hydrogen) atoms. The van der Waals surface area contributed by atoms with E-state index < -0.39 is 22.5 Å². The van der Waals surface area contributed by atoms with Crippen LogP contribution >= 0.6 is 0 Å². The van der Waals surface area contributed by atoms with Gasteiger partial charge in [0.1, 0.15) is 12.3 Å². The number of rotatable bonds is 11. The van der Waals surface area contributed by atoms with Crippen LogP contribution in [0.1, 0.15) is 22.3 Å². The Bertz CT molecular complexity index is 1650. The maximum atomic E-state index is 13.5. The monoisotopic (exact) mass is 584 g/mol. The molecule has 2 N–H and O–H groups in total. The summed E-state index contributed by atoms with van der Waals surface area (Å²) in [7, 11) is -4.02. The third kappa shape index (κ3) is 8.28. The van der Waals surface area contributed by atoms with Crippen LogP contribution in [0.2, 0.25) is 0 Å². The minimum absolute atomic E-state index is 0.0791. The van der Waals surface area contributed by atoms with Gasteiger partial charge < -0.3 is 10.1 Å². The highest BCUT2D eigenvalue weighted by molar-refractivity contribution is 7.92. The molecule has 0 heterocycles. The molecule has 216 valence electrons. The van der Waals surface area contributed by atoms with Crippen molar-refractivity contribution in [3.63, 3.8) is 0 Å². The first-order valence-corrected chi connectivity index (χ1v) is 14.6. The Morgan fingerprint density at radius 2 is 1.45 bits per heavy atom. The van der Waals surface area contributed by atoms with Gasteiger partial charge >= 0.3 is 0 Å². The molecule has 0 unspecified atom stereocenters. The second-order valence-corrected chi connectivity index (χ2v) is 11.6. The van der Waals surface area contributed by atoms with Gasteiger partial charge in [0.15, 0.2) is 6.61 Å². The van der Waals surface area contributed by atoms with Gasteiger partial charge in [-0.1, -0.05) is 42.0 Å². The average molecular weight is 585 g/mol. The zero-order valence-corrected chi connectivity index (χ0v) is 24.4. The van der Waals surface area contributed by atoms with E-state index >= 15 is 0 Å². The van der Waals surface area contributed by atoms with Crippen LogP contribution in [0, 0.1) is 20.8 Å². The van der Waals surface area contributed by atoms with Crippen molar-refractivity contribution < 1.29 is 22.7 Å². The highest BCUT2D eigenvalue weighted by Gasteiger charge is 2.27. The number of benzene rings is 4. The number of hydrazone groups is 1. The number of carbonyl (C=O) groups is 2. The molecule has 0 fully saturated rings. The first-order valence-electron chi connectivity index (χ1n) is 13.2. The summed E-state index contributed by atoms with van der Waals surface area (Å²) in [6.45, 7) is 5.09. The van der Waals surface area contributed by atoms with Crippen LogP contribution in [-0.2, 0) is 19.6 Å². The maximum absolute atomic E-state index is 13.5. The van der Waals surface area contributed by atoms with Gasteiger partial charge in [-0.3, -0.25) is 13.9 Å². The quantitative estimate of drug-likeness (QED) is 0.191. The van der Waals surface area contributed by atoms with Gasteiger partial charge in [-0.2, -0.15) is 5.10 Å². The van der Waals surface area contributed by atoms with E-state index in [1.807, 2.05) is 51.1 Å². The zero-order valence-electron chi connectivity index (χ0n) is 23.6. The van der Waals surface area contributed by atoms with E-state index in [1.165, 1.54) is 18.3 Å². The van der Waals surface area contributed by atoms with Crippen LogP contribution in [0.3, 0.4) is 0 Å². The summed E-state index contributed by atoms with van der Waals surface area (Å²) >= 11 is 0. The number of anilines is 2. The Labute approximate surface area is 245 Å². The number of nitrogens with zero attached hydrogens (tertiary/aromatic N) is 2. The van der Waals surface area contributed by atoms with E-state index in [4.69, 9.17) is 4.74 Å². The maximum Gasteiger partial charge on any atom is 0.264 e. The van der Waals surface area contributed by atoms with Crippen molar-refractivity contribution in [2.45, 2.75) is 25.7 Å². The predicted octanol–water partition coefficient (Wildman–Crippen LogP) is 4.97. The Kier molecular flexibility index (Phi) is 9.72. The fraction of sp³-hybridized carbons (Fsp3) is 0.156. The molecule has 0 aliphatic heterocycles. The summed E-state index contributed by atoms with van der Waals surface area (Å²) in [5.41, 5.74) is 6.99. The van der Waals surface area contributed by atoms with E-state index in [0.717, 1.165) is 21.0 Å². The highest BCUT2D eigenvalue weighted by Crippen LogP contribution is 2.25. The second kappa shape index (κ2) is 13.6. The molecule has 0 saturated heterocycles. The normalized spacial score (nSPS) is 11.2. The third-order valence-corrected chi connectivity index (χ3v) is 7.89. The van der Waals surface area contributed by atoms with Crippen LogP contribution in [-0.4, -0.2) is 39.6 Å². The summed E-state index contributed by atoms with van der Waals surface area (Å²) in [6, 6.07) is 27.6. The minimum Gasteiger partial charge on any atom is -0.484 e. The summed E-state index contributed by atoms with van der Waals surface area (Å²) in [4.78, 5) is 25.1. The molecule has 4 aromatic carbocycles. The molecule has 0 atom stereocenters. The lowest BCUT2D eigenvalue weighted by molar-refractivity contribution is -0.119. The first kappa shape index (κ1) is 30.0. The molecule has 0 aliphatic rings. The van der Waals surface area contributed by atoms with Crippen LogP contribution < -0.4 is 19.8 Å². The number of aryl methyl sites for hydroxylation is 3. The van der Waals surface area contributed by atoms with Gasteiger partial charge in [-0.05, 0) is 98.1 Å². The largest absolute Gasteiger partial charge is 0.484 e. The third-order valence-electron chi connectivity index (χ3n) is 6.10. The number of ether oxygens (including phenoxy) is 1. The highest BCUT2D eigenvalue weighted by atomic mass is 32.2. The van der Waals surface area contributed by atoms with Crippen LogP contribution in [0.4, 0.5) is 11.4 Å². The lowest BCUT2D eigenvalue weighted by atomic mass is 10.1. The number of sulfonamides is 1. The molecule has 10 heteroatoms. The molecule has 0 aromatic heterocycles. The minimum atomic E-state index is -4.02. The van der Waals surface area contributed by atoms with Gasteiger partial charge in [-0.25, -0.2) is 13.8 Å². The Hall–Kier alpha value is -4.96. The fourth-order valence-electron chi connectivity index (χ4n) is 4.11. The molecule has 0 radical (unpaired) electrons. The lowest BCUT2D eigenvalue weighted by Crippen LogP contribution is -2.39. The molecule has 4 aromatic rings. The van der Waals surface area contributed by atoms with Gasteiger partial charge in [0, 0.05) is 5.69 Å². The summed E-state index contributed by atoms with van der Waals surface area (Å²) in [5.74, 6) is -0.397. The standard InChI is InChI=1S/C32H32N4O5S/c1-23-9-13-27(14-10-23)34-32(38)22-41-29-15-11-26(12-16-29)20-33-35-31(37)21-36(28-18-24(2)17-25(3)19-28)42(39,40)30-7-5-4-6-8-30/h4-20H,21-22H2,1-3H3,(H,34,38)(H,35,37)/b33-20+. The van der Waals surface area contributed by atoms with E-state index in [-0.39, 0.29) is 17.4 Å². The lowest BCUT2D eigenvalue weighted by Gasteiger charge is -2.24. The van der Waals surface area contributed by atoms with Crippen LogP contribution in [0.25, 0.3) is 0 Å². The molecule has 0 spiro atoms. The number of hydrogen-bond acceptors (Lipinski definition) is 6. The second-order valence-electron chi connectivity index (χ2n) is 9.74.